The van der Waals surface area contributed by atoms with E-state index in [1.54, 1.807) is 0 Å². The monoisotopic (exact) mass is 280 g/mol. The molecule has 2 nitrogen and oxygen atoms in total. The van der Waals surface area contributed by atoms with E-state index in [-0.39, 0.29) is 5.54 Å². The minimum absolute atomic E-state index is 0.0559. The van der Waals surface area contributed by atoms with Crippen molar-refractivity contribution >= 4 is 0 Å². The maximum Gasteiger partial charge on any atom is 0.0376 e. The quantitative estimate of drug-likeness (QED) is 0.910. The van der Waals surface area contributed by atoms with E-state index in [0.29, 0.717) is 6.54 Å². The Balaban J connectivity index is 1.85. The fourth-order valence-electron chi connectivity index (χ4n) is 3.45. The zero-order valence-corrected chi connectivity index (χ0v) is 12.8. The molecule has 3 rings (SSSR count). The number of nitrogens with zero attached hydrogens (tertiary/aromatic N) is 1. The second kappa shape index (κ2) is 6.00. The molecule has 2 aromatic carbocycles. The molecule has 0 radical (unpaired) electrons. The summed E-state index contributed by atoms with van der Waals surface area (Å²) in [7, 11) is 0. The van der Waals surface area contributed by atoms with Gasteiger partial charge in [0.15, 0.2) is 0 Å². The van der Waals surface area contributed by atoms with Gasteiger partial charge in [0.2, 0.25) is 0 Å². The second-order valence-electron chi connectivity index (χ2n) is 6.07. The molecular formula is C19H24N2. The van der Waals surface area contributed by atoms with Gasteiger partial charge in [0.05, 0.1) is 0 Å². The van der Waals surface area contributed by atoms with Crippen LogP contribution in [0.5, 0.6) is 0 Å². The summed E-state index contributed by atoms with van der Waals surface area (Å²) in [5.41, 5.74) is 10.6. The first kappa shape index (κ1) is 14.3. The third-order valence-corrected chi connectivity index (χ3v) is 4.93. The standard InChI is InChI=1S/C19H24N2/c1-2-19(15-20,12-16-8-4-3-5-9-16)21-13-17-10-6-7-11-18(17)14-21/h3-11H,2,12-15,20H2,1H3. The summed E-state index contributed by atoms with van der Waals surface area (Å²) in [6.45, 7) is 5.01. The van der Waals surface area contributed by atoms with Crippen molar-refractivity contribution in [1.82, 2.24) is 4.90 Å². The molecule has 1 heterocycles. The summed E-state index contributed by atoms with van der Waals surface area (Å²) in [4.78, 5) is 2.57. The molecule has 0 bridgehead atoms. The Morgan fingerprint density at radius 2 is 1.52 bits per heavy atom. The van der Waals surface area contributed by atoms with Crippen molar-refractivity contribution in [1.29, 1.82) is 0 Å². The molecule has 0 amide bonds. The minimum Gasteiger partial charge on any atom is -0.329 e. The van der Waals surface area contributed by atoms with Crippen LogP contribution in [0.2, 0.25) is 0 Å². The Morgan fingerprint density at radius 3 is 2.05 bits per heavy atom. The highest BCUT2D eigenvalue weighted by molar-refractivity contribution is 5.31. The highest BCUT2D eigenvalue weighted by atomic mass is 15.2. The Labute approximate surface area is 127 Å². The van der Waals surface area contributed by atoms with Gasteiger partial charge in [-0.15, -0.1) is 0 Å². The Hall–Kier alpha value is -1.64. The maximum atomic E-state index is 6.24. The van der Waals surface area contributed by atoms with E-state index < -0.39 is 0 Å². The number of rotatable bonds is 5. The molecule has 0 saturated carbocycles. The van der Waals surface area contributed by atoms with Crippen molar-refractivity contribution in [3.8, 4) is 0 Å². The van der Waals surface area contributed by atoms with Crippen molar-refractivity contribution in [3.63, 3.8) is 0 Å². The molecule has 2 heteroatoms. The van der Waals surface area contributed by atoms with E-state index in [0.717, 1.165) is 25.9 Å². The molecule has 0 saturated heterocycles. The molecule has 0 aromatic heterocycles. The van der Waals surface area contributed by atoms with Gasteiger partial charge < -0.3 is 5.73 Å². The molecule has 0 spiro atoms. The summed E-state index contributed by atoms with van der Waals surface area (Å²) < 4.78 is 0. The zero-order chi connectivity index (χ0) is 14.7. The zero-order valence-electron chi connectivity index (χ0n) is 12.8. The van der Waals surface area contributed by atoms with E-state index in [1.165, 1.54) is 16.7 Å². The number of benzene rings is 2. The molecule has 21 heavy (non-hydrogen) atoms. The third-order valence-electron chi connectivity index (χ3n) is 4.93. The number of hydrogen-bond donors (Lipinski definition) is 1. The first-order valence-electron chi connectivity index (χ1n) is 7.83. The van der Waals surface area contributed by atoms with Crippen LogP contribution in [0.15, 0.2) is 54.6 Å². The van der Waals surface area contributed by atoms with Gasteiger partial charge in [-0.05, 0) is 29.5 Å². The van der Waals surface area contributed by atoms with Crippen LogP contribution in [0.4, 0.5) is 0 Å². The van der Waals surface area contributed by atoms with E-state index in [4.69, 9.17) is 5.73 Å². The molecule has 1 unspecified atom stereocenters. The van der Waals surface area contributed by atoms with Crippen molar-refractivity contribution in [2.24, 2.45) is 5.73 Å². The van der Waals surface area contributed by atoms with Crippen molar-refractivity contribution in [2.45, 2.75) is 38.4 Å². The van der Waals surface area contributed by atoms with E-state index in [1.807, 2.05) is 0 Å². The largest absolute Gasteiger partial charge is 0.329 e. The van der Waals surface area contributed by atoms with Crippen molar-refractivity contribution < 1.29 is 0 Å². The number of nitrogens with two attached hydrogens (primary N) is 1. The number of fused-ring (bicyclic) bond motifs is 1. The molecule has 1 atom stereocenters. The number of hydrogen-bond acceptors (Lipinski definition) is 2. The first-order chi connectivity index (χ1) is 10.3. The van der Waals surface area contributed by atoms with Crippen molar-refractivity contribution in [2.75, 3.05) is 6.54 Å². The van der Waals surface area contributed by atoms with Crippen LogP contribution in [0.25, 0.3) is 0 Å². The van der Waals surface area contributed by atoms with Gasteiger partial charge in [-0.1, -0.05) is 61.5 Å². The minimum atomic E-state index is 0.0559. The first-order valence-corrected chi connectivity index (χ1v) is 7.83. The predicted molar refractivity (Wildman–Crippen MR) is 87.9 cm³/mol. The SMILES string of the molecule is CCC(CN)(Cc1ccccc1)N1Cc2ccccc2C1. The van der Waals surface area contributed by atoms with Gasteiger partial charge >= 0.3 is 0 Å². The lowest BCUT2D eigenvalue weighted by atomic mass is 9.86. The maximum absolute atomic E-state index is 6.24. The van der Waals surface area contributed by atoms with Crippen LogP contribution in [-0.2, 0) is 19.5 Å². The normalized spacial score (nSPS) is 17.4. The lowest BCUT2D eigenvalue weighted by Crippen LogP contribution is -2.52. The van der Waals surface area contributed by atoms with Gasteiger partial charge in [-0.25, -0.2) is 0 Å². The smallest absolute Gasteiger partial charge is 0.0376 e. The van der Waals surface area contributed by atoms with Gasteiger partial charge in [0.1, 0.15) is 0 Å². The topological polar surface area (TPSA) is 29.3 Å². The third kappa shape index (κ3) is 2.74. The summed E-state index contributed by atoms with van der Waals surface area (Å²) in [6, 6.07) is 19.5. The molecule has 0 aliphatic carbocycles. The Morgan fingerprint density at radius 1 is 0.952 bits per heavy atom. The Bertz CT molecular complexity index is 563. The fraction of sp³-hybridized carbons (Fsp3) is 0.368. The van der Waals surface area contributed by atoms with E-state index >= 15 is 0 Å². The molecule has 1 aliphatic rings. The van der Waals surface area contributed by atoms with Crippen LogP contribution >= 0.6 is 0 Å². The average molecular weight is 280 g/mol. The van der Waals surface area contributed by atoms with Crippen LogP contribution in [0, 0.1) is 0 Å². The van der Waals surface area contributed by atoms with Gasteiger partial charge in [-0.2, -0.15) is 0 Å². The lowest BCUT2D eigenvalue weighted by Gasteiger charge is -2.41. The Kier molecular flexibility index (Phi) is 4.09. The molecule has 110 valence electrons. The highest BCUT2D eigenvalue weighted by Crippen LogP contribution is 2.33. The van der Waals surface area contributed by atoms with Gasteiger partial charge in [0, 0.05) is 25.2 Å². The molecular weight excluding hydrogens is 256 g/mol. The van der Waals surface area contributed by atoms with Crippen LogP contribution in [-0.4, -0.2) is 17.0 Å². The fourth-order valence-corrected chi connectivity index (χ4v) is 3.45. The second-order valence-corrected chi connectivity index (χ2v) is 6.07. The van der Waals surface area contributed by atoms with Crippen LogP contribution in [0.1, 0.15) is 30.0 Å². The van der Waals surface area contributed by atoms with E-state index in [2.05, 4.69) is 66.4 Å². The van der Waals surface area contributed by atoms with Gasteiger partial charge in [0.25, 0.3) is 0 Å². The highest BCUT2D eigenvalue weighted by Gasteiger charge is 2.37. The van der Waals surface area contributed by atoms with Gasteiger partial charge in [-0.3, -0.25) is 4.90 Å². The van der Waals surface area contributed by atoms with Crippen molar-refractivity contribution in [3.05, 3.63) is 71.3 Å². The average Bonchev–Trinajstić information content (AvgIpc) is 2.98. The molecule has 2 N–H and O–H groups in total. The summed E-state index contributed by atoms with van der Waals surface area (Å²) in [5.74, 6) is 0. The molecule has 2 aromatic rings. The summed E-state index contributed by atoms with van der Waals surface area (Å²) in [6.07, 6.45) is 2.10. The summed E-state index contributed by atoms with van der Waals surface area (Å²) in [5, 5.41) is 0. The predicted octanol–water partition coefficient (Wildman–Crippen LogP) is 3.35. The summed E-state index contributed by atoms with van der Waals surface area (Å²) >= 11 is 0. The molecule has 1 aliphatic heterocycles. The molecule has 0 fully saturated rings. The lowest BCUT2D eigenvalue weighted by molar-refractivity contribution is 0.0862. The van der Waals surface area contributed by atoms with Crippen LogP contribution < -0.4 is 5.73 Å². The van der Waals surface area contributed by atoms with E-state index in [9.17, 15) is 0 Å². The van der Waals surface area contributed by atoms with Crippen LogP contribution in [0.3, 0.4) is 0 Å².